The summed E-state index contributed by atoms with van der Waals surface area (Å²) in [7, 11) is 0. The van der Waals surface area contributed by atoms with Crippen molar-refractivity contribution >= 4 is 17.3 Å². The van der Waals surface area contributed by atoms with Gasteiger partial charge in [0.05, 0.1) is 6.61 Å². The van der Waals surface area contributed by atoms with Crippen molar-refractivity contribution in [2.24, 2.45) is 0 Å². The van der Waals surface area contributed by atoms with Crippen molar-refractivity contribution in [3.8, 4) is 27.6 Å². The van der Waals surface area contributed by atoms with Crippen LogP contribution in [0.5, 0.6) is 5.88 Å². The van der Waals surface area contributed by atoms with Crippen molar-refractivity contribution in [3.63, 3.8) is 0 Å². The molecule has 6 heteroatoms. The highest BCUT2D eigenvalue weighted by Gasteiger charge is 2.20. The Bertz CT molecular complexity index is 891. The first-order valence-electron chi connectivity index (χ1n) is 7.32. The molecule has 0 saturated heterocycles. The van der Waals surface area contributed by atoms with Gasteiger partial charge in [-0.25, -0.2) is 14.2 Å². The smallest absolute Gasteiger partial charge is 0.353 e. The first-order valence-corrected chi connectivity index (χ1v) is 8.14. The number of aromatic hydroxyl groups is 1. The van der Waals surface area contributed by atoms with Crippen molar-refractivity contribution in [1.29, 1.82) is 0 Å². The van der Waals surface area contributed by atoms with Gasteiger partial charge in [0.1, 0.15) is 10.8 Å². The van der Waals surface area contributed by atoms with Gasteiger partial charge < -0.3 is 9.84 Å². The molecule has 0 amide bonds. The number of carbonyl (C=O) groups is 1. The molecule has 2 aromatic carbocycles. The summed E-state index contributed by atoms with van der Waals surface area (Å²) in [5.74, 6) is -1.28. The molecule has 0 spiro atoms. The Labute approximate surface area is 142 Å². The van der Waals surface area contributed by atoms with Crippen molar-refractivity contribution in [2.45, 2.75) is 6.92 Å². The third kappa shape index (κ3) is 3.14. The molecule has 0 aliphatic carbocycles. The first kappa shape index (κ1) is 16.1. The minimum Gasteiger partial charge on any atom is -0.492 e. The fraction of sp³-hybridized carbons (Fsp3) is 0.111. The van der Waals surface area contributed by atoms with Crippen LogP contribution in [0.15, 0.2) is 48.5 Å². The Hall–Kier alpha value is -2.73. The van der Waals surface area contributed by atoms with Crippen LogP contribution >= 0.6 is 11.3 Å². The van der Waals surface area contributed by atoms with Gasteiger partial charge >= 0.3 is 5.97 Å². The fourth-order valence-corrected chi connectivity index (χ4v) is 3.13. The Morgan fingerprint density at radius 2 is 1.96 bits per heavy atom. The quantitative estimate of drug-likeness (QED) is 0.709. The van der Waals surface area contributed by atoms with Crippen LogP contribution in [-0.2, 0) is 4.74 Å². The maximum absolute atomic E-state index is 14.0. The molecule has 1 heterocycles. The lowest BCUT2D eigenvalue weighted by Gasteiger charge is -2.05. The standard InChI is InChI=1S/C18H14FNO3S/c1-2-23-18(22)15-16(21)20-17(24-15)12-7-5-6-11(10-12)13-8-3-4-9-14(13)19/h3-10,21H,2H2,1H3. The second kappa shape index (κ2) is 6.80. The van der Waals surface area contributed by atoms with Gasteiger partial charge in [-0.3, -0.25) is 0 Å². The van der Waals surface area contributed by atoms with Gasteiger partial charge in [-0.05, 0) is 24.6 Å². The summed E-state index contributed by atoms with van der Waals surface area (Å²) in [5.41, 5.74) is 1.86. The van der Waals surface area contributed by atoms with E-state index in [2.05, 4.69) is 4.98 Å². The summed E-state index contributed by atoms with van der Waals surface area (Å²) in [4.78, 5) is 15.9. The predicted molar refractivity (Wildman–Crippen MR) is 90.6 cm³/mol. The molecule has 0 aliphatic rings. The van der Waals surface area contributed by atoms with Crippen LogP contribution in [0.4, 0.5) is 4.39 Å². The molecule has 0 atom stereocenters. The van der Waals surface area contributed by atoms with Crippen LogP contribution in [0.1, 0.15) is 16.6 Å². The molecule has 1 N–H and O–H groups in total. The zero-order chi connectivity index (χ0) is 17.1. The van der Waals surface area contributed by atoms with Gasteiger partial charge in [0.2, 0.25) is 5.88 Å². The summed E-state index contributed by atoms with van der Waals surface area (Å²) >= 11 is 1.04. The third-order valence-corrected chi connectivity index (χ3v) is 4.44. The second-order valence-corrected chi connectivity index (χ2v) is 5.95. The summed E-state index contributed by atoms with van der Waals surface area (Å²) in [6, 6.07) is 13.6. The Kier molecular flexibility index (Phi) is 4.57. The Balaban J connectivity index is 2.00. The minimum atomic E-state index is -0.607. The van der Waals surface area contributed by atoms with Crippen LogP contribution in [-0.4, -0.2) is 22.7 Å². The average molecular weight is 343 g/mol. The molecule has 0 aliphatic heterocycles. The van der Waals surface area contributed by atoms with E-state index in [4.69, 9.17) is 4.74 Å². The van der Waals surface area contributed by atoms with E-state index in [0.29, 0.717) is 21.7 Å². The minimum absolute atomic E-state index is 0.0585. The van der Waals surface area contributed by atoms with Gasteiger partial charge in [-0.1, -0.05) is 36.4 Å². The topological polar surface area (TPSA) is 59.4 Å². The number of esters is 1. The molecule has 0 unspecified atom stereocenters. The SMILES string of the molecule is CCOC(=O)c1sc(-c2cccc(-c3ccccc3F)c2)nc1O. The number of nitrogens with zero attached hydrogens (tertiary/aromatic N) is 1. The summed E-state index contributed by atoms with van der Waals surface area (Å²) in [6.07, 6.45) is 0. The lowest BCUT2D eigenvalue weighted by molar-refractivity contribution is 0.0528. The zero-order valence-corrected chi connectivity index (χ0v) is 13.6. The molecule has 4 nitrogen and oxygen atoms in total. The number of benzene rings is 2. The van der Waals surface area contributed by atoms with Crippen LogP contribution in [0.2, 0.25) is 0 Å². The van der Waals surface area contributed by atoms with E-state index in [1.165, 1.54) is 6.07 Å². The van der Waals surface area contributed by atoms with Crippen molar-refractivity contribution in [2.75, 3.05) is 6.61 Å². The molecule has 3 rings (SSSR count). The fourth-order valence-electron chi connectivity index (χ4n) is 2.28. The third-order valence-electron chi connectivity index (χ3n) is 3.36. The van der Waals surface area contributed by atoms with Gasteiger partial charge in [0.15, 0.2) is 4.88 Å². The van der Waals surface area contributed by atoms with Gasteiger partial charge in [0, 0.05) is 11.1 Å². The molecule has 122 valence electrons. The second-order valence-electron chi connectivity index (χ2n) is 4.95. The van der Waals surface area contributed by atoms with E-state index >= 15 is 0 Å². The Morgan fingerprint density at radius 3 is 2.71 bits per heavy atom. The molecule has 0 bridgehead atoms. The molecule has 0 radical (unpaired) electrons. The van der Waals surface area contributed by atoms with Crippen LogP contribution < -0.4 is 0 Å². The van der Waals surface area contributed by atoms with E-state index in [9.17, 15) is 14.3 Å². The van der Waals surface area contributed by atoms with Crippen LogP contribution in [0.25, 0.3) is 21.7 Å². The van der Waals surface area contributed by atoms with Crippen molar-refractivity contribution in [1.82, 2.24) is 4.98 Å². The number of hydrogen-bond donors (Lipinski definition) is 1. The molecule has 3 aromatic rings. The first-order chi connectivity index (χ1) is 11.6. The highest BCUT2D eigenvalue weighted by atomic mass is 32.1. The van der Waals surface area contributed by atoms with E-state index < -0.39 is 5.97 Å². The number of ether oxygens (including phenoxy) is 1. The van der Waals surface area contributed by atoms with Gasteiger partial charge in [0.25, 0.3) is 0 Å². The maximum atomic E-state index is 14.0. The summed E-state index contributed by atoms with van der Waals surface area (Å²) in [6.45, 7) is 1.91. The lowest BCUT2D eigenvalue weighted by atomic mass is 10.0. The van der Waals surface area contributed by atoms with E-state index in [-0.39, 0.29) is 23.2 Å². The van der Waals surface area contributed by atoms with Gasteiger partial charge in [-0.2, -0.15) is 0 Å². The molecule has 24 heavy (non-hydrogen) atoms. The molecule has 0 fully saturated rings. The van der Waals surface area contributed by atoms with E-state index in [0.717, 1.165) is 11.3 Å². The number of thiazole rings is 1. The maximum Gasteiger partial charge on any atom is 0.353 e. The number of halogens is 1. The van der Waals surface area contributed by atoms with Crippen LogP contribution in [0.3, 0.4) is 0 Å². The number of aromatic nitrogens is 1. The predicted octanol–water partition coefficient (Wildman–Crippen LogP) is 4.50. The van der Waals surface area contributed by atoms with Crippen molar-refractivity contribution < 1.29 is 19.0 Å². The van der Waals surface area contributed by atoms with E-state index in [1.54, 1.807) is 49.4 Å². The normalized spacial score (nSPS) is 10.6. The van der Waals surface area contributed by atoms with Gasteiger partial charge in [-0.15, -0.1) is 11.3 Å². The monoisotopic (exact) mass is 343 g/mol. The number of rotatable bonds is 4. The molecule has 1 aromatic heterocycles. The summed E-state index contributed by atoms with van der Waals surface area (Å²) in [5, 5.41) is 10.3. The Morgan fingerprint density at radius 1 is 1.21 bits per heavy atom. The zero-order valence-electron chi connectivity index (χ0n) is 12.8. The van der Waals surface area contributed by atoms with Crippen molar-refractivity contribution in [3.05, 3.63) is 59.2 Å². The largest absolute Gasteiger partial charge is 0.492 e. The summed E-state index contributed by atoms with van der Waals surface area (Å²) < 4.78 is 18.8. The number of carbonyl (C=O) groups excluding carboxylic acids is 1. The average Bonchev–Trinajstić information content (AvgIpc) is 2.98. The molecular formula is C18H14FNO3S. The van der Waals surface area contributed by atoms with Crippen LogP contribution in [0, 0.1) is 5.82 Å². The lowest BCUT2D eigenvalue weighted by Crippen LogP contribution is -2.02. The molecular weight excluding hydrogens is 329 g/mol. The highest BCUT2D eigenvalue weighted by molar-refractivity contribution is 7.17. The van der Waals surface area contributed by atoms with E-state index in [1.807, 2.05) is 0 Å². The highest BCUT2D eigenvalue weighted by Crippen LogP contribution is 2.34. The molecule has 0 saturated carbocycles. The number of hydrogen-bond acceptors (Lipinski definition) is 5.